The topological polar surface area (TPSA) is 78.6 Å². The van der Waals surface area contributed by atoms with Crippen LogP contribution in [-0.4, -0.2) is 29.1 Å². The minimum atomic E-state index is -0.275. The third kappa shape index (κ3) is 4.64. The van der Waals surface area contributed by atoms with Gasteiger partial charge in [-0.05, 0) is 17.7 Å². The minimum Gasteiger partial charge on any atom is -0.395 e. The summed E-state index contributed by atoms with van der Waals surface area (Å²) < 4.78 is 0. The van der Waals surface area contributed by atoms with E-state index < -0.39 is 0 Å². The van der Waals surface area contributed by atoms with Crippen molar-refractivity contribution >= 4 is 17.2 Å². The van der Waals surface area contributed by atoms with Crippen LogP contribution in [0.1, 0.15) is 20.1 Å². The number of aliphatic hydroxyl groups excluding tert-OH is 1. The molecule has 4 N–H and O–H groups in total. The van der Waals surface area contributed by atoms with Gasteiger partial charge in [0.1, 0.15) is 0 Å². The fraction of sp³-hybridized carbons (Fsp3) is 0.267. The predicted octanol–water partition coefficient (Wildman–Crippen LogP) is 1.35. The van der Waals surface area contributed by atoms with Gasteiger partial charge in [-0.1, -0.05) is 30.3 Å². The first-order chi connectivity index (χ1) is 10.2. The fourth-order valence-electron chi connectivity index (χ4n) is 2.07. The first kappa shape index (κ1) is 15.7. The number of rotatable bonds is 7. The highest BCUT2D eigenvalue weighted by Gasteiger charge is 2.11. The number of nitrogens with zero attached hydrogens (tertiary/aromatic N) is 1. The number of carbonyl (C=O) groups excluding carboxylic acids is 1. The van der Waals surface area contributed by atoms with Crippen molar-refractivity contribution in [2.24, 2.45) is 5.84 Å². The smallest absolute Gasteiger partial charge is 0.275 e. The van der Waals surface area contributed by atoms with E-state index in [-0.39, 0.29) is 12.5 Å². The van der Waals surface area contributed by atoms with E-state index in [9.17, 15) is 9.90 Å². The Bertz CT molecular complexity index is 571. The highest BCUT2D eigenvalue weighted by Crippen LogP contribution is 2.19. The van der Waals surface area contributed by atoms with E-state index in [0.717, 1.165) is 11.4 Å². The van der Waals surface area contributed by atoms with E-state index in [1.807, 2.05) is 24.3 Å². The van der Waals surface area contributed by atoms with Gasteiger partial charge in [-0.3, -0.25) is 15.1 Å². The number of nitrogen functional groups attached to an aromatic ring is 1. The van der Waals surface area contributed by atoms with Gasteiger partial charge in [0.25, 0.3) is 5.91 Å². The van der Waals surface area contributed by atoms with E-state index in [0.29, 0.717) is 18.0 Å². The van der Waals surface area contributed by atoms with Crippen LogP contribution in [0.3, 0.4) is 0 Å². The summed E-state index contributed by atoms with van der Waals surface area (Å²) in [6.07, 6.45) is 0. The molecule has 0 aliphatic rings. The van der Waals surface area contributed by atoms with Crippen LogP contribution in [0.15, 0.2) is 42.5 Å². The second-order valence-electron chi connectivity index (χ2n) is 4.66. The summed E-state index contributed by atoms with van der Waals surface area (Å²) in [6, 6.07) is 13.8. The number of aliphatic hydroxyl groups is 1. The molecule has 0 saturated carbocycles. The van der Waals surface area contributed by atoms with Crippen LogP contribution < -0.4 is 11.3 Å². The molecule has 0 spiro atoms. The Morgan fingerprint density at radius 1 is 1.19 bits per heavy atom. The lowest BCUT2D eigenvalue weighted by atomic mass is 10.2. The van der Waals surface area contributed by atoms with E-state index >= 15 is 0 Å². The Hall–Kier alpha value is -1.73. The second kappa shape index (κ2) is 7.90. The molecule has 0 radical (unpaired) electrons. The molecule has 21 heavy (non-hydrogen) atoms. The Balaban J connectivity index is 2.02. The van der Waals surface area contributed by atoms with Gasteiger partial charge < -0.3 is 5.11 Å². The third-order valence-corrected chi connectivity index (χ3v) is 4.13. The Morgan fingerprint density at radius 2 is 1.95 bits per heavy atom. The summed E-state index contributed by atoms with van der Waals surface area (Å²) in [5.41, 5.74) is 3.33. The lowest BCUT2D eigenvalue weighted by molar-refractivity contribution is 0.0957. The highest BCUT2D eigenvalue weighted by molar-refractivity contribution is 7.14. The molecule has 1 aromatic heterocycles. The molecule has 1 heterocycles. The van der Waals surface area contributed by atoms with Crippen molar-refractivity contribution in [1.82, 2.24) is 10.3 Å². The zero-order chi connectivity index (χ0) is 15.1. The fourth-order valence-corrected chi connectivity index (χ4v) is 3.03. The van der Waals surface area contributed by atoms with Crippen molar-refractivity contribution in [3.05, 3.63) is 57.8 Å². The summed E-state index contributed by atoms with van der Waals surface area (Å²) in [5.74, 6) is 4.85. The number of thiophene rings is 1. The SMILES string of the molecule is NNC(=O)c1ccc(CN(CCO)Cc2ccccc2)s1. The first-order valence-corrected chi connectivity index (χ1v) is 7.51. The number of amides is 1. The molecule has 1 amide bonds. The normalized spacial score (nSPS) is 10.8. The summed E-state index contributed by atoms with van der Waals surface area (Å²) in [4.78, 5) is 15.3. The van der Waals surface area contributed by atoms with Gasteiger partial charge in [0, 0.05) is 24.5 Å². The Kier molecular flexibility index (Phi) is 5.89. The summed E-state index contributed by atoms with van der Waals surface area (Å²) in [6.45, 7) is 2.15. The molecule has 2 aromatic rings. The van der Waals surface area contributed by atoms with Crippen LogP contribution in [0.5, 0.6) is 0 Å². The standard InChI is InChI=1S/C15H19N3O2S/c16-17-15(20)14-7-6-13(21-14)11-18(8-9-19)10-12-4-2-1-3-5-12/h1-7,19H,8-11,16H2,(H,17,20). The average Bonchev–Trinajstić information content (AvgIpc) is 2.96. The Labute approximate surface area is 128 Å². The molecule has 0 atom stereocenters. The number of carbonyl (C=O) groups is 1. The van der Waals surface area contributed by atoms with Crippen molar-refractivity contribution < 1.29 is 9.90 Å². The molecule has 2 rings (SSSR count). The maximum Gasteiger partial charge on any atom is 0.275 e. The van der Waals surface area contributed by atoms with Crippen molar-refractivity contribution in [1.29, 1.82) is 0 Å². The minimum absolute atomic E-state index is 0.106. The molecular formula is C15H19N3O2S. The van der Waals surface area contributed by atoms with E-state index in [4.69, 9.17) is 5.84 Å². The molecular weight excluding hydrogens is 286 g/mol. The van der Waals surface area contributed by atoms with Crippen LogP contribution in [0.2, 0.25) is 0 Å². The van der Waals surface area contributed by atoms with Crippen LogP contribution in [0.25, 0.3) is 0 Å². The molecule has 0 unspecified atom stereocenters. The molecule has 112 valence electrons. The summed E-state index contributed by atoms with van der Waals surface area (Å²) in [7, 11) is 0. The van der Waals surface area contributed by atoms with Crippen LogP contribution in [0.4, 0.5) is 0 Å². The summed E-state index contributed by atoms with van der Waals surface area (Å²) >= 11 is 1.41. The predicted molar refractivity (Wildman–Crippen MR) is 83.6 cm³/mol. The monoisotopic (exact) mass is 305 g/mol. The number of nitrogens with two attached hydrogens (primary N) is 1. The van der Waals surface area contributed by atoms with E-state index in [2.05, 4.69) is 22.5 Å². The molecule has 5 nitrogen and oxygen atoms in total. The van der Waals surface area contributed by atoms with Gasteiger partial charge in [-0.2, -0.15) is 0 Å². The third-order valence-electron chi connectivity index (χ3n) is 3.06. The van der Waals surface area contributed by atoms with Gasteiger partial charge in [0.2, 0.25) is 0 Å². The number of benzene rings is 1. The van der Waals surface area contributed by atoms with Gasteiger partial charge in [-0.25, -0.2) is 5.84 Å². The number of nitrogens with one attached hydrogen (secondary N) is 1. The lowest BCUT2D eigenvalue weighted by Crippen LogP contribution is -2.29. The molecule has 0 saturated heterocycles. The maximum absolute atomic E-state index is 11.4. The van der Waals surface area contributed by atoms with Crippen LogP contribution in [0, 0.1) is 0 Å². The maximum atomic E-state index is 11.4. The first-order valence-electron chi connectivity index (χ1n) is 6.69. The van der Waals surface area contributed by atoms with Gasteiger partial charge >= 0.3 is 0 Å². The van der Waals surface area contributed by atoms with Crippen LogP contribution in [-0.2, 0) is 13.1 Å². The zero-order valence-electron chi connectivity index (χ0n) is 11.7. The van der Waals surface area contributed by atoms with Crippen LogP contribution >= 0.6 is 11.3 Å². The van der Waals surface area contributed by atoms with E-state index in [1.165, 1.54) is 16.9 Å². The number of hydrazine groups is 1. The zero-order valence-corrected chi connectivity index (χ0v) is 12.5. The molecule has 6 heteroatoms. The van der Waals surface area contributed by atoms with Crippen molar-refractivity contribution in [2.75, 3.05) is 13.2 Å². The second-order valence-corrected chi connectivity index (χ2v) is 5.83. The number of hydrogen-bond donors (Lipinski definition) is 3. The molecule has 0 fully saturated rings. The van der Waals surface area contributed by atoms with E-state index in [1.54, 1.807) is 6.07 Å². The van der Waals surface area contributed by atoms with Gasteiger partial charge in [-0.15, -0.1) is 11.3 Å². The summed E-state index contributed by atoms with van der Waals surface area (Å²) in [5, 5.41) is 9.21. The van der Waals surface area contributed by atoms with Crippen molar-refractivity contribution in [2.45, 2.75) is 13.1 Å². The van der Waals surface area contributed by atoms with Crippen molar-refractivity contribution in [3.8, 4) is 0 Å². The van der Waals surface area contributed by atoms with Crippen molar-refractivity contribution in [3.63, 3.8) is 0 Å². The highest BCUT2D eigenvalue weighted by atomic mass is 32.1. The lowest BCUT2D eigenvalue weighted by Gasteiger charge is -2.20. The Morgan fingerprint density at radius 3 is 2.62 bits per heavy atom. The van der Waals surface area contributed by atoms with Gasteiger partial charge in [0.05, 0.1) is 11.5 Å². The molecule has 1 aromatic carbocycles. The average molecular weight is 305 g/mol. The molecule has 0 aliphatic heterocycles. The largest absolute Gasteiger partial charge is 0.395 e. The van der Waals surface area contributed by atoms with Gasteiger partial charge in [0.15, 0.2) is 0 Å². The molecule has 0 aliphatic carbocycles. The number of hydrogen-bond acceptors (Lipinski definition) is 5. The molecule has 0 bridgehead atoms. The quantitative estimate of drug-likeness (QED) is 0.410.